The van der Waals surface area contributed by atoms with E-state index in [1.165, 1.54) is 11.8 Å². The number of aromatic nitrogens is 2. The number of aryl methyl sites for hydroxylation is 1. The molecule has 0 amide bonds. The highest BCUT2D eigenvalue weighted by Gasteiger charge is 2.20. The molecule has 0 aromatic carbocycles. The van der Waals surface area contributed by atoms with Crippen LogP contribution in [0.1, 0.15) is 19.0 Å². The molecular formula is C8H10ClN3O2S. The Morgan fingerprint density at radius 1 is 1.53 bits per heavy atom. The van der Waals surface area contributed by atoms with Crippen LogP contribution in [0.2, 0.25) is 5.15 Å². The van der Waals surface area contributed by atoms with E-state index >= 15 is 0 Å². The van der Waals surface area contributed by atoms with Crippen LogP contribution in [0.5, 0.6) is 0 Å². The largest absolute Gasteiger partial charge is 0.327 e. The highest BCUT2D eigenvalue weighted by molar-refractivity contribution is 7.99. The molecule has 0 radical (unpaired) electrons. The molecule has 0 aliphatic rings. The number of nitrogens with zero attached hydrogens (tertiary/aromatic N) is 3. The van der Waals surface area contributed by atoms with Gasteiger partial charge in [-0.05, 0) is 13.3 Å². The Morgan fingerprint density at radius 3 is 2.67 bits per heavy atom. The van der Waals surface area contributed by atoms with E-state index < -0.39 is 4.92 Å². The number of hydrogen-bond acceptors (Lipinski definition) is 5. The summed E-state index contributed by atoms with van der Waals surface area (Å²) in [5.41, 5.74) is 0.0936. The van der Waals surface area contributed by atoms with Crippen LogP contribution < -0.4 is 0 Å². The standard InChI is InChI=1S/C8H10ClN3O2S/c1-3-4-15-8-10-5(2)6(12(13)14)7(9)11-8/h3-4H2,1-2H3. The normalized spacial score (nSPS) is 10.3. The van der Waals surface area contributed by atoms with Crippen molar-refractivity contribution in [1.82, 2.24) is 9.97 Å². The van der Waals surface area contributed by atoms with Gasteiger partial charge in [0.15, 0.2) is 5.16 Å². The smallest absolute Gasteiger partial charge is 0.258 e. The average molecular weight is 248 g/mol. The van der Waals surface area contributed by atoms with Crippen molar-refractivity contribution in [1.29, 1.82) is 0 Å². The quantitative estimate of drug-likeness (QED) is 0.269. The zero-order valence-corrected chi connectivity index (χ0v) is 9.93. The minimum Gasteiger partial charge on any atom is -0.258 e. The summed E-state index contributed by atoms with van der Waals surface area (Å²) in [5, 5.41) is 11.0. The summed E-state index contributed by atoms with van der Waals surface area (Å²) in [5.74, 6) is 0.869. The molecule has 0 N–H and O–H groups in total. The maximum atomic E-state index is 10.6. The number of halogens is 1. The predicted molar refractivity (Wildman–Crippen MR) is 59.4 cm³/mol. The van der Waals surface area contributed by atoms with Crippen LogP contribution in [0.15, 0.2) is 5.16 Å². The van der Waals surface area contributed by atoms with E-state index in [2.05, 4.69) is 9.97 Å². The van der Waals surface area contributed by atoms with Gasteiger partial charge in [0.05, 0.1) is 4.92 Å². The summed E-state index contributed by atoms with van der Waals surface area (Å²) in [4.78, 5) is 17.9. The Morgan fingerprint density at radius 2 is 2.20 bits per heavy atom. The first-order chi connectivity index (χ1) is 7.06. The van der Waals surface area contributed by atoms with Gasteiger partial charge in [0.1, 0.15) is 5.69 Å². The highest BCUT2D eigenvalue weighted by atomic mass is 35.5. The van der Waals surface area contributed by atoms with E-state index in [0.29, 0.717) is 10.9 Å². The molecular weight excluding hydrogens is 238 g/mol. The Kier molecular flexibility index (Phi) is 4.28. The molecule has 0 aliphatic carbocycles. The molecule has 0 aliphatic heterocycles. The zero-order valence-electron chi connectivity index (χ0n) is 8.36. The maximum Gasteiger partial charge on any atom is 0.327 e. The lowest BCUT2D eigenvalue weighted by Crippen LogP contribution is -2.00. The van der Waals surface area contributed by atoms with Gasteiger partial charge in [0, 0.05) is 5.75 Å². The highest BCUT2D eigenvalue weighted by Crippen LogP contribution is 2.27. The molecule has 0 spiro atoms. The van der Waals surface area contributed by atoms with E-state index in [9.17, 15) is 10.1 Å². The SMILES string of the molecule is CCCSc1nc(C)c([N+](=O)[O-])c(Cl)n1. The van der Waals surface area contributed by atoms with Gasteiger partial charge >= 0.3 is 5.69 Å². The van der Waals surface area contributed by atoms with Crippen LogP contribution >= 0.6 is 23.4 Å². The Bertz CT molecular complexity index is 363. The molecule has 15 heavy (non-hydrogen) atoms. The van der Waals surface area contributed by atoms with Gasteiger partial charge in [-0.15, -0.1) is 0 Å². The van der Waals surface area contributed by atoms with E-state index in [-0.39, 0.29) is 10.8 Å². The van der Waals surface area contributed by atoms with Crippen LogP contribution in [-0.2, 0) is 0 Å². The second-order valence-electron chi connectivity index (χ2n) is 2.84. The van der Waals surface area contributed by atoms with Gasteiger partial charge in [-0.1, -0.05) is 30.3 Å². The van der Waals surface area contributed by atoms with E-state index in [0.717, 1.165) is 12.2 Å². The lowest BCUT2D eigenvalue weighted by Gasteiger charge is -2.02. The molecule has 0 atom stereocenters. The van der Waals surface area contributed by atoms with Crippen LogP contribution in [0, 0.1) is 17.0 Å². The first kappa shape index (κ1) is 12.2. The van der Waals surface area contributed by atoms with Gasteiger partial charge < -0.3 is 0 Å². The van der Waals surface area contributed by atoms with Crippen LogP contribution in [-0.4, -0.2) is 20.6 Å². The molecule has 1 rings (SSSR count). The minimum atomic E-state index is -0.564. The van der Waals surface area contributed by atoms with Crippen molar-refractivity contribution in [3.05, 3.63) is 21.0 Å². The first-order valence-electron chi connectivity index (χ1n) is 4.37. The second-order valence-corrected chi connectivity index (χ2v) is 4.26. The Balaban J connectivity index is 3.03. The topological polar surface area (TPSA) is 68.9 Å². The lowest BCUT2D eigenvalue weighted by atomic mass is 10.4. The zero-order chi connectivity index (χ0) is 11.4. The van der Waals surface area contributed by atoms with Crippen molar-refractivity contribution in [3.63, 3.8) is 0 Å². The molecule has 82 valence electrons. The molecule has 5 nitrogen and oxygen atoms in total. The van der Waals surface area contributed by atoms with Gasteiger partial charge in [0.25, 0.3) is 0 Å². The third-order valence-corrected chi connectivity index (χ3v) is 2.93. The molecule has 0 fully saturated rings. The van der Waals surface area contributed by atoms with Gasteiger partial charge in [0.2, 0.25) is 5.15 Å². The summed E-state index contributed by atoms with van der Waals surface area (Å²) < 4.78 is 0. The van der Waals surface area contributed by atoms with E-state index in [1.807, 2.05) is 6.92 Å². The number of thioether (sulfide) groups is 1. The predicted octanol–water partition coefficient (Wildman–Crippen LogP) is 2.85. The molecule has 1 heterocycles. The summed E-state index contributed by atoms with van der Waals surface area (Å²) >= 11 is 7.14. The molecule has 7 heteroatoms. The molecule has 0 bridgehead atoms. The monoisotopic (exact) mass is 247 g/mol. The van der Waals surface area contributed by atoms with Crippen molar-refractivity contribution in [2.24, 2.45) is 0 Å². The van der Waals surface area contributed by atoms with Gasteiger partial charge in [-0.25, -0.2) is 9.97 Å². The van der Waals surface area contributed by atoms with Crippen molar-refractivity contribution in [2.45, 2.75) is 25.4 Å². The first-order valence-corrected chi connectivity index (χ1v) is 5.74. The van der Waals surface area contributed by atoms with Gasteiger partial charge in [-0.3, -0.25) is 10.1 Å². The maximum absolute atomic E-state index is 10.6. The molecule has 0 saturated heterocycles. The fourth-order valence-corrected chi connectivity index (χ4v) is 2.05. The van der Waals surface area contributed by atoms with Crippen molar-refractivity contribution in [3.8, 4) is 0 Å². The summed E-state index contributed by atoms with van der Waals surface area (Å²) in [6, 6.07) is 0. The third kappa shape index (κ3) is 3.04. The lowest BCUT2D eigenvalue weighted by molar-refractivity contribution is -0.386. The third-order valence-electron chi connectivity index (χ3n) is 1.61. The number of hydrogen-bond donors (Lipinski definition) is 0. The minimum absolute atomic E-state index is 0.0916. The molecule has 1 aromatic rings. The molecule has 1 aromatic heterocycles. The number of rotatable bonds is 4. The van der Waals surface area contributed by atoms with E-state index in [1.54, 1.807) is 6.92 Å². The van der Waals surface area contributed by atoms with Gasteiger partial charge in [-0.2, -0.15) is 0 Å². The summed E-state index contributed by atoms with van der Waals surface area (Å²) in [6.45, 7) is 3.59. The Hall–Kier alpha value is -0.880. The Labute approximate surface area is 96.4 Å². The van der Waals surface area contributed by atoms with Crippen molar-refractivity contribution < 1.29 is 4.92 Å². The number of nitro groups is 1. The van der Waals surface area contributed by atoms with E-state index in [4.69, 9.17) is 11.6 Å². The molecule has 0 saturated carbocycles. The second kappa shape index (κ2) is 5.27. The fourth-order valence-electron chi connectivity index (χ4n) is 0.973. The van der Waals surface area contributed by atoms with Crippen LogP contribution in [0.25, 0.3) is 0 Å². The van der Waals surface area contributed by atoms with Crippen LogP contribution in [0.4, 0.5) is 5.69 Å². The van der Waals surface area contributed by atoms with Crippen molar-refractivity contribution >= 4 is 29.1 Å². The van der Waals surface area contributed by atoms with Crippen molar-refractivity contribution in [2.75, 3.05) is 5.75 Å². The molecule has 0 unspecified atom stereocenters. The van der Waals surface area contributed by atoms with Crippen LogP contribution in [0.3, 0.4) is 0 Å². The fraction of sp³-hybridized carbons (Fsp3) is 0.500. The summed E-state index contributed by atoms with van der Waals surface area (Å²) in [6.07, 6.45) is 0.988. The average Bonchev–Trinajstić information content (AvgIpc) is 2.12. The summed E-state index contributed by atoms with van der Waals surface area (Å²) in [7, 11) is 0.